The molecular weight excluding hydrogens is 600 g/mol. The third kappa shape index (κ3) is 4.29. The number of nitrogens with two attached hydrogens (primary N) is 1. The molecule has 3 aromatic rings. The van der Waals surface area contributed by atoms with Gasteiger partial charge in [0.2, 0.25) is 5.91 Å². The standard InChI is InChI=1S/C32H32N4O8S/c1-12-15-10-11-16(34-31-35-22(13(2)45-31)14-8-6-5-7-9-14)24(37)18(15)25(38)19-17(12)26(39)21-23(36(3)4)27(40)20(30(33)43)29(42)32(21,44)28(19)41/h5-12,17,19-21,23,26,37,39,44H,1-4H3,(H2,33,43)(H,34,35)/t12-,17+,19?,20?,21+,23-,26-,32-/m1/s1. The number of aliphatic hydroxyl groups is 2. The minimum atomic E-state index is -3.05. The fraction of sp³-hybridized carbons (Fsp3) is 0.375. The summed E-state index contributed by atoms with van der Waals surface area (Å²) in [6.07, 6.45) is -1.69. The molecule has 2 saturated carbocycles. The predicted octanol–water partition coefficient (Wildman–Crippen LogP) is 1.57. The van der Waals surface area contributed by atoms with E-state index in [9.17, 15) is 39.3 Å². The van der Waals surface area contributed by atoms with Crippen LogP contribution >= 0.6 is 11.3 Å². The predicted molar refractivity (Wildman–Crippen MR) is 163 cm³/mol. The number of phenols is 1. The van der Waals surface area contributed by atoms with Crippen molar-refractivity contribution in [1.82, 2.24) is 9.88 Å². The van der Waals surface area contributed by atoms with Crippen LogP contribution in [0.2, 0.25) is 0 Å². The first-order valence-corrected chi connectivity index (χ1v) is 15.2. The number of hydrogen-bond donors (Lipinski definition) is 5. The number of hydrogen-bond acceptors (Lipinski definition) is 12. The van der Waals surface area contributed by atoms with Crippen LogP contribution in [0.3, 0.4) is 0 Å². The maximum atomic E-state index is 14.2. The minimum Gasteiger partial charge on any atom is -0.505 e. The summed E-state index contributed by atoms with van der Waals surface area (Å²) in [4.78, 5) is 74.2. The van der Waals surface area contributed by atoms with Gasteiger partial charge in [-0.2, -0.15) is 0 Å². The van der Waals surface area contributed by atoms with Gasteiger partial charge in [0.05, 0.1) is 40.9 Å². The van der Waals surface area contributed by atoms with E-state index >= 15 is 0 Å². The molecule has 0 bridgehead atoms. The molecule has 6 N–H and O–H groups in total. The number of likely N-dealkylation sites (N-methyl/N-ethyl adjacent to an activating group) is 1. The number of benzene rings is 2. The fourth-order valence-corrected chi connectivity index (χ4v) is 8.37. The highest BCUT2D eigenvalue weighted by Crippen LogP contribution is 2.55. The number of thiazole rings is 1. The summed E-state index contributed by atoms with van der Waals surface area (Å²) >= 11 is 1.34. The zero-order valence-electron chi connectivity index (χ0n) is 24.8. The number of fused-ring (bicyclic) bond motifs is 3. The maximum Gasteiger partial charge on any atom is 0.235 e. The average molecular weight is 633 g/mol. The van der Waals surface area contributed by atoms with Gasteiger partial charge in [0, 0.05) is 16.4 Å². The third-order valence-electron chi connectivity index (χ3n) is 9.57. The Morgan fingerprint density at radius 1 is 1.07 bits per heavy atom. The molecule has 1 amide bonds. The van der Waals surface area contributed by atoms with Crippen LogP contribution in [-0.2, 0) is 19.2 Å². The van der Waals surface area contributed by atoms with Crippen LogP contribution in [0.1, 0.15) is 33.6 Å². The first-order valence-electron chi connectivity index (χ1n) is 14.4. The topological polar surface area (TPSA) is 200 Å². The van der Waals surface area contributed by atoms with Gasteiger partial charge < -0.3 is 26.4 Å². The Morgan fingerprint density at radius 3 is 2.36 bits per heavy atom. The minimum absolute atomic E-state index is 0.141. The number of nitrogens with zero attached hydrogens (tertiary/aromatic N) is 2. The number of phenolic OH excluding ortho intramolecular Hbond substituents is 1. The SMILES string of the molecule is Cc1sc(Nc2ccc3c(c2O)C(=O)C2C(=O)[C@@]4(O)C(=O)C(C(N)=O)C(=O)[C@H](N(C)C)[C@H]4[C@H](O)[C@H]2[C@@H]3C)nc1-c1ccccc1. The quantitative estimate of drug-likeness (QED) is 0.202. The Kier molecular flexibility index (Phi) is 7.27. The summed E-state index contributed by atoms with van der Waals surface area (Å²) < 4.78 is 0. The van der Waals surface area contributed by atoms with E-state index in [4.69, 9.17) is 5.73 Å². The highest BCUT2D eigenvalue weighted by molar-refractivity contribution is 7.16. The number of amides is 1. The summed E-state index contributed by atoms with van der Waals surface area (Å²) in [7, 11) is 2.90. The number of nitrogens with one attached hydrogen (secondary N) is 1. The smallest absolute Gasteiger partial charge is 0.235 e. The fourth-order valence-electron chi connectivity index (χ4n) is 7.52. The molecule has 13 heteroatoms. The van der Waals surface area contributed by atoms with Crippen molar-refractivity contribution >= 4 is 51.2 Å². The number of aromatic nitrogens is 1. The lowest BCUT2D eigenvalue weighted by Crippen LogP contribution is -2.77. The Hall–Kier alpha value is -4.30. The molecule has 0 aliphatic heterocycles. The summed E-state index contributed by atoms with van der Waals surface area (Å²) in [5, 5.41) is 38.4. The van der Waals surface area contributed by atoms with Gasteiger partial charge in [0.25, 0.3) is 0 Å². The maximum absolute atomic E-state index is 14.2. The van der Waals surface area contributed by atoms with Crippen molar-refractivity contribution in [3.05, 3.63) is 58.5 Å². The lowest BCUT2D eigenvalue weighted by atomic mass is 9.49. The van der Waals surface area contributed by atoms with Gasteiger partial charge in [-0.15, -0.1) is 11.3 Å². The van der Waals surface area contributed by atoms with Gasteiger partial charge in [0.1, 0.15) is 5.75 Å². The molecule has 3 aliphatic rings. The number of aromatic hydroxyl groups is 1. The molecule has 0 radical (unpaired) electrons. The number of aryl methyl sites for hydroxylation is 1. The number of aliphatic hydroxyl groups excluding tert-OH is 1. The summed E-state index contributed by atoms with van der Waals surface area (Å²) in [5.41, 5.74) is 4.27. The molecule has 12 nitrogen and oxygen atoms in total. The summed E-state index contributed by atoms with van der Waals surface area (Å²) in [5.74, 6) is -13.7. The number of ketones is 4. The molecule has 0 spiro atoms. The van der Waals surface area contributed by atoms with E-state index in [1.807, 2.05) is 37.3 Å². The number of primary amides is 1. The molecule has 3 aliphatic carbocycles. The van der Waals surface area contributed by atoms with Crippen LogP contribution in [0.5, 0.6) is 5.75 Å². The molecule has 45 heavy (non-hydrogen) atoms. The number of carbonyl (C=O) groups is 5. The largest absolute Gasteiger partial charge is 0.505 e. The molecule has 2 unspecified atom stereocenters. The Balaban J connectivity index is 1.42. The van der Waals surface area contributed by atoms with Gasteiger partial charge in [-0.3, -0.25) is 28.9 Å². The number of Topliss-reactive ketones (excluding diaryl/α,β-unsaturated/α-hetero) is 4. The van der Waals surface area contributed by atoms with E-state index in [-0.39, 0.29) is 11.3 Å². The van der Waals surface area contributed by atoms with Crippen LogP contribution in [-0.4, -0.2) is 86.1 Å². The highest BCUT2D eigenvalue weighted by atomic mass is 32.1. The Labute approximate surface area is 261 Å². The van der Waals surface area contributed by atoms with Crippen molar-refractivity contribution in [2.24, 2.45) is 29.4 Å². The number of carbonyl (C=O) groups excluding carboxylic acids is 5. The molecule has 1 aromatic heterocycles. The van der Waals surface area contributed by atoms with Gasteiger partial charge in [0.15, 0.2) is 39.8 Å². The van der Waals surface area contributed by atoms with Crippen molar-refractivity contribution in [1.29, 1.82) is 0 Å². The molecule has 234 valence electrons. The normalized spacial score (nSPS) is 31.0. The first-order chi connectivity index (χ1) is 21.2. The highest BCUT2D eigenvalue weighted by Gasteiger charge is 2.72. The second-order valence-electron chi connectivity index (χ2n) is 12.2. The molecule has 0 saturated heterocycles. The van der Waals surface area contributed by atoms with Crippen molar-refractivity contribution in [3.8, 4) is 17.0 Å². The number of rotatable bonds is 5. The first kappa shape index (κ1) is 30.7. The number of anilines is 2. The van der Waals surface area contributed by atoms with Crippen LogP contribution < -0.4 is 11.1 Å². The van der Waals surface area contributed by atoms with Crippen molar-refractivity contribution in [2.45, 2.75) is 37.5 Å². The average Bonchev–Trinajstić information content (AvgIpc) is 3.35. The van der Waals surface area contributed by atoms with Gasteiger partial charge in [-0.1, -0.05) is 43.3 Å². The molecule has 6 rings (SSSR count). The van der Waals surface area contributed by atoms with Crippen molar-refractivity contribution in [3.63, 3.8) is 0 Å². The van der Waals surface area contributed by atoms with E-state index < -0.39 is 82.1 Å². The van der Waals surface area contributed by atoms with Crippen LogP contribution in [0, 0.1) is 30.6 Å². The summed E-state index contributed by atoms with van der Waals surface area (Å²) in [6, 6.07) is 11.3. The van der Waals surface area contributed by atoms with Gasteiger partial charge in [-0.25, -0.2) is 4.98 Å². The van der Waals surface area contributed by atoms with Crippen LogP contribution in [0.25, 0.3) is 11.3 Å². The van der Waals surface area contributed by atoms with Crippen LogP contribution in [0.15, 0.2) is 42.5 Å². The molecular formula is C32H32N4O8S. The second kappa shape index (κ2) is 10.7. The van der Waals surface area contributed by atoms with E-state index in [1.165, 1.54) is 30.3 Å². The van der Waals surface area contributed by atoms with E-state index in [0.29, 0.717) is 10.7 Å². The van der Waals surface area contributed by atoms with Crippen molar-refractivity contribution in [2.75, 3.05) is 19.4 Å². The summed E-state index contributed by atoms with van der Waals surface area (Å²) in [6.45, 7) is 3.57. The third-order valence-corrected chi connectivity index (χ3v) is 10.5. The van der Waals surface area contributed by atoms with Crippen LogP contribution in [0.4, 0.5) is 10.8 Å². The molecule has 1 heterocycles. The van der Waals surface area contributed by atoms with Gasteiger partial charge in [-0.05, 0) is 38.6 Å². The van der Waals surface area contributed by atoms with Gasteiger partial charge >= 0.3 is 0 Å². The lowest BCUT2D eigenvalue weighted by molar-refractivity contribution is -0.196. The Morgan fingerprint density at radius 2 is 1.73 bits per heavy atom. The lowest BCUT2D eigenvalue weighted by Gasteiger charge is -2.56. The van der Waals surface area contributed by atoms with E-state index in [0.717, 1.165) is 16.1 Å². The Bertz CT molecular complexity index is 1790. The van der Waals surface area contributed by atoms with E-state index in [2.05, 4.69) is 10.3 Å². The monoisotopic (exact) mass is 632 g/mol. The zero-order chi connectivity index (χ0) is 32.7. The zero-order valence-corrected chi connectivity index (χ0v) is 25.7. The molecule has 8 atom stereocenters. The van der Waals surface area contributed by atoms with Crippen molar-refractivity contribution < 1.29 is 39.3 Å². The second-order valence-corrected chi connectivity index (χ2v) is 13.4. The van der Waals surface area contributed by atoms with E-state index in [1.54, 1.807) is 19.1 Å². The molecule has 2 aromatic carbocycles. The molecule has 2 fully saturated rings.